The Kier molecular flexibility index (Phi) is 4.81. The van der Waals surface area contributed by atoms with Gasteiger partial charge in [-0.05, 0) is 30.5 Å². The van der Waals surface area contributed by atoms with Crippen molar-refractivity contribution in [3.05, 3.63) is 42.0 Å². The zero-order valence-corrected chi connectivity index (χ0v) is 10.9. The Morgan fingerprint density at radius 3 is 2.59 bits per heavy atom. The smallest absolute Gasteiger partial charge is 0.0169 e. The summed E-state index contributed by atoms with van der Waals surface area (Å²) in [5, 5.41) is 0. The summed E-state index contributed by atoms with van der Waals surface area (Å²) in [5.74, 6) is 0. The van der Waals surface area contributed by atoms with Crippen molar-refractivity contribution in [2.24, 2.45) is 0 Å². The van der Waals surface area contributed by atoms with E-state index in [0.717, 1.165) is 6.54 Å². The van der Waals surface area contributed by atoms with Crippen molar-refractivity contribution in [2.75, 3.05) is 19.6 Å². The van der Waals surface area contributed by atoms with Crippen molar-refractivity contribution in [3.8, 4) is 0 Å². The molecular weight excluding hydrogens is 206 g/mol. The van der Waals surface area contributed by atoms with Gasteiger partial charge in [-0.2, -0.15) is 0 Å². The monoisotopic (exact) mass is 229 g/mol. The first-order chi connectivity index (χ1) is 8.40. The van der Waals surface area contributed by atoms with Gasteiger partial charge in [-0.25, -0.2) is 0 Å². The highest BCUT2D eigenvalue weighted by Gasteiger charge is 2.11. The van der Waals surface area contributed by atoms with E-state index >= 15 is 0 Å². The largest absolute Gasteiger partial charge is 0.299 e. The van der Waals surface area contributed by atoms with Crippen molar-refractivity contribution < 1.29 is 0 Å². The second-order valence-electron chi connectivity index (χ2n) is 4.85. The maximum atomic E-state index is 2.57. The molecule has 17 heavy (non-hydrogen) atoms. The Balaban J connectivity index is 1.85. The minimum Gasteiger partial charge on any atom is -0.299 e. The molecule has 0 atom stereocenters. The molecule has 0 N–H and O–H groups in total. The second-order valence-corrected chi connectivity index (χ2v) is 4.85. The van der Waals surface area contributed by atoms with Gasteiger partial charge in [-0.3, -0.25) is 4.90 Å². The van der Waals surface area contributed by atoms with Crippen molar-refractivity contribution in [3.63, 3.8) is 0 Å². The number of hydrogen-bond acceptors (Lipinski definition) is 1. The molecule has 1 aliphatic rings. The van der Waals surface area contributed by atoms with Crippen LogP contribution < -0.4 is 0 Å². The van der Waals surface area contributed by atoms with Crippen LogP contribution in [-0.2, 0) is 0 Å². The molecule has 2 rings (SSSR count). The van der Waals surface area contributed by atoms with E-state index in [1.165, 1.54) is 49.9 Å². The molecule has 0 saturated carbocycles. The Bertz CT molecular complexity index is 353. The highest BCUT2D eigenvalue weighted by molar-refractivity contribution is 5.66. The molecule has 0 aliphatic carbocycles. The summed E-state index contributed by atoms with van der Waals surface area (Å²) in [6, 6.07) is 10.8. The molecule has 1 heteroatoms. The van der Waals surface area contributed by atoms with Crippen molar-refractivity contribution >= 4 is 5.57 Å². The predicted octanol–water partition coefficient (Wildman–Crippen LogP) is 3.97. The number of rotatable bonds is 5. The number of benzene rings is 1. The predicted molar refractivity (Wildman–Crippen MR) is 75.0 cm³/mol. The molecule has 1 aliphatic heterocycles. The van der Waals surface area contributed by atoms with Crippen LogP contribution >= 0.6 is 0 Å². The third-order valence-corrected chi connectivity index (χ3v) is 3.52. The van der Waals surface area contributed by atoms with E-state index in [4.69, 9.17) is 0 Å². The molecule has 1 nitrogen and oxygen atoms in total. The van der Waals surface area contributed by atoms with Gasteiger partial charge in [-0.15, -0.1) is 0 Å². The van der Waals surface area contributed by atoms with E-state index in [-0.39, 0.29) is 0 Å². The Labute approximate surface area is 105 Å². The summed E-state index contributed by atoms with van der Waals surface area (Å²) >= 11 is 0. The van der Waals surface area contributed by atoms with Gasteiger partial charge in [0.15, 0.2) is 0 Å². The number of nitrogens with zero attached hydrogens (tertiary/aromatic N) is 1. The summed E-state index contributed by atoms with van der Waals surface area (Å²) in [6.45, 7) is 5.90. The minimum absolute atomic E-state index is 1.13. The lowest BCUT2D eigenvalue weighted by atomic mass is 9.99. The van der Waals surface area contributed by atoms with Gasteiger partial charge in [0.2, 0.25) is 0 Å². The first-order valence-electron chi connectivity index (χ1n) is 6.87. The number of unbranched alkanes of at least 4 members (excludes halogenated alkanes) is 2. The van der Waals surface area contributed by atoms with Crippen LogP contribution in [0, 0.1) is 0 Å². The molecule has 0 bridgehead atoms. The molecule has 0 fully saturated rings. The molecule has 92 valence electrons. The van der Waals surface area contributed by atoms with Gasteiger partial charge in [-0.1, -0.05) is 56.2 Å². The maximum absolute atomic E-state index is 2.57. The SMILES string of the molecule is CCCCCN1CC=C(c2ccccc2)CC1. The Hall–Kier alpha value is -1.08. The van der Waals surface area contributed by atoms with Gasteiger partial charge in [0.25, 0.3) is 0 Å². The van der Waals surface area contributed by atoms with Crippen LogP contribution in [0.25, 0.3) is 5.57 Å². The van der Waals surface area contributed by atoms with Crippen LogP contribution in [0.2, 0.25) is 0 Å². The van der Waals surface area contributed by atoms with Gasteiger partial charge in [0, 0.05) is 13.1 Å². The summed E-state index contributed by atoms with van der Waals surface area (Å²) < 4.78 is 0. The van der Waals surface area contributed by atoms with Crippen LogP contribution in [0.15, 0.2) is 36.4 Å². The average Bonchev–Trinajstić information content (AvgIpc) is 2.41. The lowest BCUT2D eigenvalue weighted by molar-refractivity contribution is 0.294. The minimum atomic E-state index is 1.13. The van der Waals surface area contributed by atoms with Crippen molar-refractivity contribution in [1.29, 1.82) is 0 Å². The van der Waals surface area contributed by atoms with Gasteiger partial charge in [0.1, 0.15) is 0 Å². The summed E-state index contributed by atoms with van der Waals surface area (Å²) in [5.41, 5.74) is 2.93. The molecule has 1 aromatic rings. The third kappa shape index (κ3) is 3.71. The van der Waals surface area contributed by atoms with Crippen LogP contribution in [0.4, 0.5) is 0 Å². The third-order valence-electron chi connectivity index (χ3n) is 3.52. The average molecular weight is 229 g/mol. The molecule has 0 spiro atoms. The first kappa shape index (κ1) is 12.4. The molecule has 0 aromatic heterocycles. The lowest BCUT2D eigenvalue weighted by Crippen LogP contribution is -2.29. The Morgan fingerprint density at radius 2 is 1.94 bits per heavy atom. The fraction of sp³-hybridized carbons (Fsp3) is 0.500. The summed E-state index contributed by atoms with van der Waals surface area (Å²) in [6.07, 6.45) is 7.65. The summed E-state index contributed by atoms with van der Waals surface area (Å²) in [7, 11) is 0. The first-order valence-corrected chi connectivity index (χ1v) is 6.87. The Morgan fingerprint density at radius 1 is 1.12 bits per heavy atom. The molecular formula is C16H23N. The topological polar surface area (TPSA) is 3.24 Å². The maximum Gasteiger partial charge on any atom is 0.0169 e. The molecule has 0 unspecified atom stereocenters. The van der Waals surface area contributed by atoms with Gasteiger partial charge in [0.05, 0.1) is 0 Å². The van der Waals surface area contributed by atoms with Gasteiger partial charge < -0.3 is 0 Å². The van der Waals surface area contributed by atoms with E-state index in [1.807, 2.05) is 0 Å². The fourth-order valence-corrected chi connectivity index (χ4v) is 2.41. The fourth-order valence-electron chi connectivity index (χ4n) is 2.41. The molecule has 1 aromatic carbocycles. The molecule has 1 heterocycles. The quantitative estimate of drug-likeness (QED) is 0.691. The van der Waals surface area contributed by atoms with E-state index in [9.17, 15) is 0 Å². The molecule has 0 radical (unpaired) electrons. The van der Waals surface area contributed by atoms with E-state index < -0.39 is 0 Å². The lowest BCUT2D eigenvalue weighted by Gasteiger charge is -2.26. The van der Waals surface area contributed by atoms with Crippen LogP contribution in [-0.4, -0.2) is 24.5 Å². The van der Waals surface area contributed by atoms with Crippen molar-refractivity contribution in [1.82, 2.24) is 4.90 Å². The summed E-state index contributed by atoms with van der Waals surface area (Å²) in [4.78, 5) is 2.57. The van der Waals surface area contributed by atoms with E-state index in [2.05, 4.69) is 48.2 Å². The van der Waals surface area contributed by atoms with E-state index in [0.29, 0.717) is 0 Å². The normalized spacial score (nSPS) is 16.9. The van der Waals surface area contributed by atoms with Crippen LogP contribution in [0.3, 0.4) is 0 Å². The standard InChI is InChI=1S/C16H23N/c1-2-3-7-12-17-13-10-16(11-14-17)15-8-5-4-6-9-15/h4-6,8-10H,2-3,7,11-14H2,1H3. The molecule has 0 amide bonds. The van der Waals surface area contributed by atoms with Gasteiger partial charge >= 0.3 is 0 Å². The number of hydrogen-bond donors (Lipinski definition) is 0. The highest BCUT2D eigenvalue weighted by Crippen LogP contribution is 2.21. The van der Waals surface area contributed by atoms with Crippen LogP contribution in [0.1, 0.15) is 38.2 Å². The highest BCUT2D eigenvalue weighted by atomic mass is 15.1. The second kappa shape index (κ2) is 6.61. The van der Waals surface area contributed by atoms with Crippen LogP contribution in [0.5, 0.6) is 0 Å². The zero-order chi connectivity index (χ0) is 11.9. The van der Waals surface area contributed by atoms with E-state index in [1.54, 1.807) is 0 Å². The molecule has 0 saturated heterocycles. The zero-order valence-electron chi connectivity index (χ0n) is 10.9. The van der Waals surface area contributed by atoms with Crippen molar-refractivity contribution in [2.45, 2.75) is 32.6 Å².